The molecular formula is C68H118N6O9S2Si2. The van der Waals surface area contributed by atoms with Crippen molar-refractivity contribution in [3.63, 3.8) is 0 Å². The number of carbonyl (C=O) groups excluding carboxylic acids is 3. The second-order valence-electron chi connectivity index (χ2n) is 28.9. The average molecular weight is 1280 g/mol. The number of Topliss-reactive ketones (excluding diaryl/α,β-unsaturated/α-hetero) is 1. The number of ketones is 1. The third-order valence-electron chi connectivity index (χ3n) is 18.6. The number of allylic oxidation sites excluding steroid dienone is 2. The van der Waals surface area contributed by atoms with Crippen LogP contribution in [-0.2, 0) is 29.5 Å². The number of hydrogen-bond acceptors (Lipinski definition) is 11. The maximum Gasteiger partial charge on any atom is 0.423 e. The molecule has 0 spiro atoms. The SMILES string of the molecule is C.CC=C(c1c(C)cnc2c1ccn2[Si](C(C)C)(C(C)C)C(C)C)C1CCC(CS(=O)(=O)N(C)C(=O)OC(C)(C)C)CC1.CCC.Cc1cnc2c(ccn2[Si](C(C)C)(C(C)C)C(C)C)c1C(=O)C1CCC(CS(=O)(=O)N(C)C(=O)OC(C)(C)C)CC1. The maximum absolute atomic E-state index is 14.0. The summed E-state index contributed by atoms with van der Waals surface area (Å²) in [6.07, 6.45) is 16.1. The normalized spacial score (nSPS) is 18.4. The third-order valence-corrected chi connectivity index (χ3v) is 35.8. The van der Waals surface area contributed by atoms with Crippen LogP contribution in [0.1, 0.15) is 238 Å². The molecule has 0 N–H and O–H groups in total. The number of amides is 2. The first-order valence-electron chi connectivity index (χ1n) is 32.2. The topological polar surface area (TPSA) is 180 Å². The van der Waals surface area contributed by atoms with Crippen LogP contribution >= 0.6 is 0 Å². The number of aromatic nitrogens is 4. The molecule has 0 saturated heterocycles. The van der Waals surface area contributed by atoms with Crippen LogP contribution in [0.25, 0.3) is 27.6 Å². The molecule has 0 unspecified atom stereocenters. The highest BCUT2D eigenvalue weighted by atomic mass is 32.2. The van der Waals surface area contributed by atoms with Crippen LogP contribution in [-0.4, -0.2) is 115 Å². The quantitative estimate of drug-likeness (QED) is 0.0683. The Morgan fingerprint density at radius 1 is 0.575 bits per heavy atom. The highest BCUT2D eigenvalue weighted by molar-refractivity contribution is 7.89. The third kappa shape index (κ3) is 17.2. The molecule has 87 heavy (non-hydrogen) atoms. The molecule has 494 valence electrons. The molecule has 2 saturated carbocycles. The van der Waals surface area contributed by atoms with E-state index >= 15 is 0 Å². The van der Waals surface area contributed by atoms with Crippen molar-refractivity contribution in [1.82, 2.24) is 27.0 Å². The van der Waals surface area contributed by atoms with Gasteiger partial charge in [-0.2, -0.15) is 0 Å². The summed E-state index contributed by atoms with van der Waals surface area (Å²) in [7, 11) is -9.04. The summed E-state index contributed by atoms with van der Waals surface area (Å²) >= 11 is 0. The first-order valence-corrected chi connectivity index (χ1v) is 39.8. The minimum absolute atomic E-state index is 0. The summed E-state index contributed by atoms with van der Waals surface area (Å²) in [5.74, 6) is 0.0729. The zero-order valence-corrected chi connectivity index (χ0v) is 61.4. The van der Waals surface area contributed by atoms with Gasteiger partial charge >= 0.3 is 12.2 Å². The van der Waals surface area contributed by atoms with Crippen molar-refractivity contribution >= 4 is 82.1 Å². The maximum atomic E-state index is 14.0. The lowest BCUT2D eigenvalue weighted by Gasteiger charge is -2.44. The number of pyridine rings is 2. The number of aryl methyl sites for hydroxylation is 2. The van der Waals surface area contributed by atoms with Crippen LogP contribution in [0, 0.1) is 37.5 Å². The largest absolute Gasteiger partial charge is 0.443 e. The first kappa shape index (κ1) is 76.9. The van der Waals surface area contributed by atoms with E-state index in [-0.39, 0.29) is 42.5 Å². The van der Waals surface area contributed by atoms with Crippen LogP contribution in [0.2, 0.25) is 33.2 Å². The Morgan fingerprint density at radius 2 is 0.874 bits per heavy atom. The zero-order valence-electron chi connectivity index (χ0n) is 57.8. The van der Waals surface area contributed by atoms with Gasteiger partial charge in [-0.3, -0.25) is 4.79 Å². The summed E-state index contributed by atoms with van der Waals surface area (Å²) in [5, 5.41) is 2.16. The van der Waals surface area contributed by atoms with Gasteiger partial charge in [-0.05, 0) is 211 Å². The van der Waals surface area contributed by atoms with Gasteiger partial charge in [0.05, 0.1) is 11.5 Å². The summed E-state index contributed by atoms with van der Waals surface area (Å²) < 4.78 is 69.0. The molecule has 2 aliphatic carbocycles. The Hall–Kier alpha value is -4.34. The molecule has 2 fully saturated rings. The lowest BCUT2D eigenvalue weighted by atomic mass is 9.76. The molecule has 15 nitrogen and oxygen atoms in total. The van der Waals surface area contributed by atoms with Crippen molar-refractivity contribution in [2.45, 2.75) is 269 Å². The number of fused-ring (bicyclic) bond motifs is 2. The molecule has 0 aliphatic heterocycles. The predicted octanol–water partition coefficient (Wildman–Crippen LogP) is 18.4. The molecule has 4 heterocycles. The molecule has 6 rings (SSSR count). The Morgan fingerprint density at radius 3 is 1.17 bits per heavy atom. The van der Waals surface area contributed by atoms with Crippen LogP contribution in [0.5, 0.6) is 0 Å². The van der Waals surface area contributed by atoms with Crippen molar-refractivity contribution in [2.75, 3.05) is 25.6 Å². The van der Waals surface area contributed by atoms with Crippen LogP contribution < -0.4 is 0 Å². The molecule has 0 atom stereocenters. The molecule has 2 aliphatic rings. The molecule has 4 aromatic heterocycles. The summed E-state index contributed by atoms with van der Waals surface area (Å²) in [6.45, 7) is 49.0. The zero-order chi connectivity index (χ0) is 65.6. The Balaban J connectivity index is 0.000000431. The molecule has 4 aromatic rings. The standard InChI is InChI=1S/C33H55N3O4SSi.C31H51N3O5SSi.C3H8.CH4/c1-13-28(27-16-14-26(15-17-27)21-41(38,39)35(12)32(37)40-33(9,10)11)30-25(8)20-34-31-29(30)18-19-36(31)42(22(2)3,23(4)5)24(6)7;1-20(2)41(21(3)4,22(5)6)34-17-16-26-27(23(7)18-32-29(26)34)28(35)25-14-12-24(13-15-25)19-40(37,38)33(11)30(36)39-31(8,9)10;1-3-2;/h13,18-20,22-24,26-27H,14-17,21H2,1-12H3;16-18,20-22,24-25H,12-15,19H2,1-11H3;3H2,1-2H3;1H4. The van der Waals surface area contributed by atoms with Crippen molar-refractivity contribution in [1.29, 1.82) is 0 Å². The van der Waals surface area contributed by atoms with Crippen molar-refractivity contribution in [2.24, 2.45) is 23.7 Å². The first-order chi connectivity index (χ1) is 39.6. The number of rotatable bonds is 18. The minimum atomic E-state index is -3.82. The number of nitrogens with zero attached hydrogens (tertiary/aromatic N) is 6. The molecule has 2 amide bonds. The van der Waals surface area contributed by atoms with E-state index in [1.165, 1.54) is 42.6 Å². The van der Waals surface area contributed by atoms with E-state index in [1.54, 1.807) is 41.5 Å². The van der Waals surface area contributed by atoms with E-state index in [4.69, 9.17) is 19.4 Å². The predicted molar refractivity (Wildman–Crippen MR) is 369 cm³/mol. The number of hydrogen-bond donors (Lipinski definition) is 0. The second kappa shape index (κ2) is 30.7. The van der Waals surface area contributed by atoms with Gasteiger partial charge < -0.3 is 17.9 Å². The van der Waals surface area contributed by atoms with E-state index in [1.807, 2.05) is 19.3 Å². The summed E-state index contributed by atoms with van der Waals surface area (Å²) in [6, 6.07) is 4.37. The van der Waals surface area contributed by atoms with Gasteiger partial charge in [0.2, 0.25) is 20.0 Å². The molecule has 0 radical (unpaired) electrons. The van der Waals surface area contributed by atoms with Gasteiger partial charge in [-0.1, -0.05) is 117 Å². The van der Waals surface area contributed by atoms with Gasteiger partial charge in [0.25, 0.3) is 0 Å². The van der Waals surface area contributed by atoms with Gasteiger partial charge in [0, 0.05) is 48.7 Å². The Labute approximate surface area is 530 Å². The van der Waals surface area contributed by atoms with E-state index in [2.05, 4.69) is 150 Å². The molecule has 0 aromatic carbocycles. The smallest absolute Gasteiger partial charge is 0.423 e. The van der Waals surface area contributed by atoms with Gasteiger partial charge in [0.15, 0.2) is 22.3 Å². The number of carbonyl (C=O) groups is 3. The van der Waals surface area contributed by atoms with Gasteiger partial charge in [-0.25, -0.2) is 45.0 Å². The average Bonchev–Trinajstić information content (AvgIpc) is 1.69. The van der Waals surface area contributed by atoms with E-state index in [9.17, 15) is 31.2 Å². The minimum Gasteiger partial charge on any atom is -0.443 e. The Kier molecular flexibility index (Phi) is 27.1. The second-order valence-corrected chi connectivity index (χ2v) is 44.4. The number of ether oxygens (including phenoxy) is 2. The van der Waals surface area contributed by atoms with Crippen LogP contribution in [0.3, 0.4) is 0 Å². The summed E-state index contributed by atoms with van der Waals surface area (Å²) in [4.78, 5) is 48.7. The van der Waals surface area contributed by atoms with Crippen LogP contribution in [0.15, 0.2) is 43.0 Å². The summed E-state index contributed by atoms with van der Waals surface area (Å²) in [5.41, 5.74) is 9.16. The highest BCUT2D eigenvalue weighted by Crippen LogP contribution is 2.48. The fourth-order valence-corrected chi connectivity index (χ4v) is 31.0. The molecule has 19 heteroatoms. The fraction of sp³-hybridized carbons (Fsp3) is 0.721. The fourth-order valence-electron chi connectivity index (χ4n) is 15.1. The molecular weight excluding hydrogens is 1170 g/mol. The number of sulfonamides is 2. The Bertz CT molecular complexity index is 3160. The van der Waals surface area contributed by atoms with Crippen molar-refractivity contribution < 1.29 is 40.7 Å². The van der Waals surface area contributed by atoms with E-state index in [0.717, 1.165) is 57.8 Å². The van der Waals surface area contributed by atoms with Crippen molar-refractivity contribution in [3.8, 4) is 0 Å². The van der Waals surface area contributed by atoms with Crippen molar-refractivity contribution in [3.05, 3.63) is 65.2 Å². The van der Waals surface area contributed by atoms with E-state index in [0.29, 0.717) is 69.2 Å². The lowest BCUT2D eigenvalue weighted by molar-refractivity contribution is 0.0407. The van der Waals surface area contributed by atoms with Crippen LogP contribution in [0.4, 0.5) is 9.59 Å². The highest BCUT2D eigenvalue weighted by Gasteiger charge is 2.48. The monoisotopic (exact) mass is 1280 g/mol. The van der Waals surface area contributed by atoms with E-state index < -0.39 is 59.9 Å². The lowest BCUT2D eigenvalue weighted by Crippen LogP contribution is -2.51. The van der Waals surface area contributed by atoms with Gasteiger partial charge in [-0.15, -0.1) is 0 Å². The van der Waals surface area contributed by atoms with Gasteiger partial charge in [0.1, 0.15) is 22.5 Å². The molecule has 0 bridgehead atoms.